The molecule has 0 radical (unpaired) electrons. The second kappa shape index (κ2) is 12.2. The summed E-state index contributed by atoms with van der Waals surface area (Å²) in [7, 11) is 0. The predicted octanol–water partition coefficient (Wildman–Crippen LogP) is 7.63. The van der Waals surface area contributed by atoms with Crippen LogP contribution in [0.15, 0.2) is 115 Å². The zero-order valence-corrected chi connectivity index (χ0v) is 22.5. The van der Waals surface area contributed by atoms with Crippen LogP contribution in [0.1, 0.15) is 16.7 Å². The number of para-hydroxylation sites is 1. The highest BCUT2D eigenvalue weighted by Gasteiger charge is 2.16. The highest BCUT2D eigenvalue weighted by molar-refractivity contribution is 6.31. The van der Waals surface area contributed by atoms with Gasteiger partial charge in [0.05, 0.1) is 11.4 Å². The highest BCUT2D eigenvalue weighted by atomic mass is 35.5. The van der Waals surface area contributed by atoms with Crippen molar-refractivity contribution in [3.05, 3.63) is 137 Å². The predicted molar refractivity (Wildman–Crippen MR) is 158 cm³/mol. The maximum absolute atomic E-state index is 13.0. The number of rotatable bonds is 8. The molecule has 0 saturated heterocycles. The van der Waals surface area contributed by atoms with Gasteiger partial charge in [-0.25, -0.2) is 4.68 Å². The molecule has 0 unspecified atom stereocenters. The molecule has 5 rings (SSSR count). The number of hydrogen-bond acceptors (Lipinski definition) is 4. The monoisotopic (exact) mass is 544 g/mol. The first-order chi connectivity index (χ1) is 19.5. The number of aromatic nitrogens is 2. The Morgan fingerprint density at radius 1 is 0.975 bits per heavy atom. The number of carbonyl (C=O) groups excluding carboxylic acids is 1. The molecule has 6 nitrogen and oxygen atoms in total. The number of benzene rings is 4. The van der Waals surface area contributed by atoms with Gasteiger partial charge < -0.3 is 10.1 Å². The smallest absolute Gasteiger partial charge is 0.266 e. The van der Waals surface area contributed by atoms with Crippen molar-refractivity contribution in [2.75, 3.05) is 5.32 Å². The van der Waals surface area contributed by atoms with Gasteiger partial charge >= 0.3 is 0 Å². The van der Waals surface area contributed by atoms with Gasteiger partial charge in [0, 0.05) is 33.6 Å². The van der Waals surface area contributed by atoms with E-state index in [1.807, 2.05) is 110 Å². The van der Waals surface area contributed by atoms with Crippen LogP contribution in [0.2, 0.25) is 5.02 Å². The molecule has 5 aromatic rings. The quantitative estimate of drug-likeness (QED) is 0.161. The van der Waals surface area contributed by atoms with E-state index in [9.17, 15) is 10.1 Å². The van der Waals surface area contributed by atoms with E-state index in [0.717, 1.165) is 22.4 Å². The number of nitrogens with one attached hydrogen (secondary N) is 1. The third-order valence-corrected chi connectivity index (χ3v) is 6.59. The van der Waals surface area contributed by atoms with Gasteiger partial charge in [-0.3, -0.25) is 4.79 Å². The van der Waals surface area contributed by atoms with E-state index in [2.05, 4.69) is 5.32 Å². The summed E-state index contributed by atoms with van der Waals surface area (Å²) in [4.78, 5) is 13.0. The van der Waals surface area contributed by atoms with Gasteiger partial charge in [-0.15, -0.1) is 0 Å². The van der Waals surface area contributed by atoms with Gasteiger partial charge in [0.25, 0.3) is 5.91 Å². The molecule has 0 spiro atoms. The molecule has 7 heteroatoms. The fourth-order valence-corrected chi connectivity index (χ4v) is 4.25. The van der Waals surface area contributed by atoms with Crippen molar-refractivity contribution in [1.29, 1.82) is 5.26 Å². The Bertz CT molecular complexity index is 1700. The van der Waals surface area contributed by atoms with E-state index in [-0.39, 0.29) is 5.57 Å². The molecule has 0 fully saturated rings. The fourth-order valence-electron chi connectivity index (χ4n) is 4.06. The number of ether oxygens (including phenoxy) is 1. The summed E-state index contributed by atoms with van der Waals surface area (Å²) in [6, 6.07) is 34.2. The molecule has 0 bridgehead atoms. The normalized spacial score (nSPS) is 11.1. The molecule has 0 atom stereocenters. The van der Waals surface area contributed by atoms with Crippen molar-refractivity contribution in [2.24, 2.45) is 0 Å². The maximum atomic E-state index is 13.0. The lowest BCUT2D eigenvalue weighted by Crippen LogP contribution is -2.13. The lowest BCUT2D eigenvalue weighted by atomic mass is 10.1. The Kier molecular flexibility index (Phi) is 8.05. The molecule has 40 heavy (non-hydrogen) atoms. The highest BCUT2D eigenvalue weighted by Crippen LogP contribution is 2.28. The Morgan fingerprint density at radius 3 is 2.38 bits per heavy atom. The number of aryl methyl sites for hydroxylation is 1. The molecule has 0 aliphatic carbocycles. The summed E-state index contributed by atoms with van der Waals surface area (Å²) in [5.41, 5.74) is 5.47. The van der Waals surface area contributed by atoms with Crippen LogP contribution in [-0.2, 0) is 11.4 Å². The number of nitrogens with zero attached hydrogens (tertiary/aromatic N) is 3. The van der Waals surface area contributed by atoms with Gasteiger partial charge in [0.1, 0.15) is 24.0 Å². The van der Waals surface area contributed by atoms with Crippen molar-refractivity contribution in [2.45, 2.75) is 13.5 Å². The van der Waals surface area contributed by atoms with Crippen LogP contribution in [0.5, 0.6) is 5.75 Å². The lowest BCUT2D eigenvalue weighted by molar-refractivity contribution is -0.112. The second-order valence-corrected chi connectivity index (χ2v) is 9.51. The van der Waals surface area contributed by atoms with Crippen LogP contribution in [0, 0.1) is 18.3 Å². The van der Waals surface area contributed by atoms with Gasteiger partial charge in [-0.1, -0.05) is 65.7 Å². The van der Waals surface area contributed by atoms with E-state index < -0.39 is 5.91 Å². The Labute approximate surface area is 237 Å². The largest absolute Gasteiger partial charge is 0.489 e. The number of hydrogen-bond donors (Lipinski definition) is 1. The Balaban J connectivity index is 1.44. The van der Waals surface area contributed by atoms with E-state index in [4.69, 9.17) is 21.4 Å². The van der Waals surface area contributed by atoms with Crippen LogP contribution < -0.4 is 10.1 Å². The Morgan fingerprint density at radius 2 is 1.68 bits per heavy atom. The van der Waals surface area contributed by atoms with Gasteiger partial charge in [0.2, 0.25) is 0 Å². The lowest BCUT2D eigenvalue weighted by Gasteiger charge is -2.08. The van der Waals surface area contributed by atoms with Gasteiger partial charge in [0.15, 0.2) is 0 Å². The van der Waals surface area contributed by atoms with Gasteiger partial charge in [-0.05, 0) is 67.6 Å². The summed E-state index contributed by atoms with van der Waals surface area (Å²) in [5, 5.41) is 18.1. The average molecular weight is 545 g/mol. The molecule has 1 heterocycles. The first-order valence-corrected chi connectivity index (χ1v) is 13.0. The second-order valence-electron chi connectivity index (χ2n) is 9.11. The molecule has 0 aliphatic rings. The number of anilines is 1. The zero-order chi connectivity index (χ0) is 27.9. The van der Waals surface area contributed by atoms with E-state index in [0.29, 0.717) is 34.3 Å². The van der Waals surface area contributed by atoms with Crippen molar-refractivity contribution >= 4 is 29.3 Å². The van der Waals surface area contributed by atoms with Crippen LogP contribution in [-0.4, -0.2) is 15.7 Å². The van der Waals surface area contributed by atoms with Crippen molar-refractivity contribution in [3.8, 4) is 28.8 Å². The molecule has 1 aromatic heterocycles. The summed E-state index contributed by atoms with van der Waals surface area (Å²) in [6.07, 6.45) is 3.37. The maximum Gasteiger partial charge on any atom is 0.266 e. The van der Waals surface area contributed by atoms with E-state index in [1.54, 1.807) is 22.9 Å². The number of halogens is 1. The van der Waals surface area contributed by atoms with Crippen LogP contribution >= 0.6 is 11.6 Å². The molecule has 0 saturated carbocycles. The van der Waals surface area contributed by atoms with Crippen molar-refractivity contribution < 1.29 is 9.53 Å². The minimum Gasteiger partial charge on any atom is -0.489 e. The van der Waals surface area contributed by atoms with Crippen LogP contribution in [0.3, 0.4) is 0 Å². The summed E-state index contributed by atoms with van der Waals surface area (Å²) in [5.74, 6) is 0.187. The number of carbonyl (C=O) groups is 1. The molecule has 1 N–H and O–H groups in total. The first kappa shape index (κ1) is 26.5. The zero-order valence-electron chi connectivity index (χ0n) is 21.7. The minimum absolute atomic E-state index is 0.0332. The topological polar surface area (TPSA) is 79.9 Å². The van der Waals surface area contributed by atoms with Gasteiger partial charge in [-0.2, -0.15) is 10.4 Å². The molecular formula is C33H25ClN4O2. The van der Waals surface area contributed by atoms with E-state index in [1.165, 1.54) is 0 Å². The average Bonchev–Trinajstić information content (AvgIpc) is 3.41. The standard InChI is InChI=1S/C33H25ClN4O2/c1-23-11-15-28(16-12-23)36-33(39)26(20-35)19-27-21-38(29-8-3-2-4-9-29)37-32(27)24-13-17-30(18-14-24)40-22-25-7-5-6-10-31(25)34/h2-19,21H,22H2,1H3,(H,36,39)/b26-19-. The van der Waals surface area contributed by atoms with E-state index >= 15 is 0 Å². The van der Waals surface area contributed by atoms with Crippen LogP contribution in [0.4, 0.5) is 5.69 Å². The van der Waals surface area contributed by atoms with Crippen LogP contribution in [0.25, 0.3) is 23.0 Å². The third-order valence-electron chi connectivity index (χ3n) is 6.22. The van der Waals surface area contributed by atoms with Crippen molar-refractivity contribution in [3.63, 3.8) is 0 Å². The third kappa shape index (κ3) is 6.29. The molecule has 1 amide bonds. The first-order valence-electron chi connectivity index (χ1n) is 12.6. The summed E-state index contributed by atoms with van der Waals surface area (Å²) >= 11 is 6.25. The van der Waals surface area contributed by atoms with Crippen molar-refractivity contribution in [1.82, 2.24) is 9.78 Å². The fraction of sp³-hybridized carbons (Fsp3) is 0.0606. The molecule has 4 aromatic carbocycles. The molecule has 0 aliphatic heterocycles. The summed E-state index contributed by atoms with van der Waals surface area (Å²) < 4.78 is 7.66. The number of nitriles is 1. The number of amides is 1. The Hall–Kier alpha value is -5.12. The minimum atomic E-state index is -0.493. The SMILES string of the molecule is Cc1ccc(NC(=O)/C(C#N)=C\c2cn(-c3ccccc3)nc2-c2ccc(OCc3ccccc3Cl)cc2)cc1. The molecular weight excluding hydrogens is 520 g/mol. The molecule has 196 valence electrons. The summed E-state index contributed by atoms with van der Waals surface area (Å²) in [6.45, 7) is 2.31.